The Hall–Kier alpha value is -2.57. The SMILES string of the molecule is CCc1nn(C(C)C(=O)NC(C)CC)c(=O)c2cc3occc3n12. The number of aryl methyl sites for hydroxylation is 1. The number of furan rings is 1. The van der Waals surface area contributed by atoms with Crippen molar-refractivity contribution in [3.63, 3.8) is 0 Å². The Morgan fingerprint density at radius 2 is 2.08 bits per heavy atom. The number of hydrogen-bond donors (Lipinski definition) is 1. The van der Waals surface area contributed by atoms with E-state index in [0.29, 0.717) is 23.3 Å². The van der Waals surface area contributed by atoms with E-state index in [1.807, 2.05) is 26.8 Å². The predicted octanol–water partition coefficient (Wildman–Crippen LogP) is 2.28. The van der Waals surface area contributed by atoms with E-state index in [1.165, 1.54) is 4.68 Å². The van der Waals surface area contributed by atoms with Crippen molar-refractivity contribution in [2.75, 3.05) is 0 Å². The van der Waals surface area contributed by atoms with E-state index in [2.05, 4.69) is 10.4 Å². The highest BCUT2D eigenvalue weighted by Crippen LogP contribution is 2.21. The molecule has 0 spiro atoms. The van der Waals surface area contributed by atoms with Crippen LogP contribution in [0.3, 0.4) is 0 Å². The van der Waals surface area contributed by atoms with Crippen molar-refractivity contribution in [3.8, 4) is 0 Å². The number of aromatic nitrogens is 3. The van der Waals surface area contributed by atoms with E-state index in [9.17, 15) is 9.59 Å². The molecule has 3 aromatic rings. The second-order valence-electron chi connectivity index (χ2n) is 6.05. The Labute approximate surface area is 139 Å². The molecular formula is C17H22N4O3. The zero-order chi connectivity index (χ0) is 17.4. The molecule has 0 aliphatic heterocycles. The van der Waals surface area contributed by atoms with Gasteiger partial charge in [0.15, 0.2) is 5.58 Å². The molecule has 0 bridgehead atoms. The minimum Gasteiger partial charge on any atom is -0.463 e. The quantitative estimate of drug-likeness (QED) is 0.778. The van der Waals surface area contributed by atoms with Crippen LogP contribution in [0.4, 0.5) is 0 Å². The number of hydrogen-bond acceptors (Lipinski definition) is 4. The fourth-order valence-corrected chi connectivity index (χ4v) is 2.76. The maximum atomic E-state index is 12.8. The number of nitrogens with one attached hydrogen (secondary N) is 1. The summed E-state index contributed by atoms with van der Waals surface area (Å²) in [4.78, 5) is 25.2. The summed E-state index contributed by atoms with van der Waals surface area (Å²) in [5.41, 5.74) is 1.62. The van der Waals surface area contributed by atoms with E-state index in [4.69, 9.17) is 4.42 Å². The maximum absolute atomic E-state index is 12.8. The van der Waals surface area contributed by atoms with E-state index in [-0.39, 0.29) is 17.5 Å². The van der Waals surface area contributed by atoms with Crippen LogP contribution in [0.15, 0.2) is 27.6 Å². The highest BCUT2D eigenvalue weighted by molar-refractivity contribution is 5.83. The topological polar surface area (TPSA) is 81.5 Å². The molecule has 7 nitrogen and oxygen atoms in total. The molecule has 0 fully saturated rings. The number of carbonyl (C=O) groups excluding carboxylic acids is 1. The summed E-state index contributed by atoms with van der Waals surface area (Å²) in [5.74, 6) is 0.504. The Balaban J connectivity index is 2.13. The molecule has 0 saturated heterocycles. The van der Waals surface area contributed by atoms with Crippen molar-refractivity contribution in [3.05, 3.63) is 34.6 Å². The molecule has 3 aromatic heterocycles. The maximum Gasteiger partial charge on any atom is 0.291 e. The Kier molecular flexibility index (Phi) is 4.17. The molecule has 0 radical (unpaired) electrons. The van der Waals surface area contributed by atoms with Gasteiger partial charge in [-0.1, -0.05) is 13.8 Å². The highest BCUT2D eigenvalue weighted by atomic mass is 16.3. The summed E-state index contributed by atoms with van der Waals surface area (Å²) < 4.78 is 8.47. The molecule has 3 heterocycles. The lowest BCUT2D eigenvalue weighted by Crippen LogP contribution is -2.41. The summed E-state index contributed by atoms with van der Waals surface area (Å²) in [6, 6.07) is 2.89. The third-order valence-corrected chi connectivity index (χ3v) is 4.40. The highest BCUT2D eigenvalue weighted by Gasteiger charge is 2.22. The molecule has 2 unspecified atom stereocenters. The molecular weight excluding hydrogens is 308 g/mol. The molecule has 0 aliphatic carbocycles. The Morgan fingerprint density at radius 1 is 1.33 bits per heavy atom. The Bertz CT molecular complexity index is 950. The van der Waals surface area contributed by atoms with E-state index in [1.54, 1.807) is 23.7 Å². The molecule has 0 saturated carbocycles. The van der Waals surface area contributed by atoms with Gasteiger partial charge in [0.25, 0.3) is 5.56 Å². The van der Waals surface area contributed by atoms with Crippen LogP contribution in [0.2, 0.25) is 0 Å². The van der Waals surface area contributed by atoms with E-state index in [0.717, 1.165) is 11.9 Å². The first-order valence-electron chi connectivity index (χ1n) is 8.28. The number of carbonyl (C=O) groups is 1. The monoisotopic (exact) mass is 330 g/mol. The molecule has 128 valence electrons. The van der Waals surface area contributed by atoms with Crippen LogP contribution in [0.25, 0.3) is 16.6 Å². The molecule has 3 rings (SSSR count). The summed E-state index contributed by atoms with van der Waals surface area (Å²) >= 11 is 0. The third-order valence-electron chi connectivity index (χ3n) is 4.40. The average Bonchev–Trinajstić information content (AvgIpc) is 3.16. The van der Waals surface area contributed by atoms with E-state index < -0.39 is 6.04 Å². The lowest BCUT2D eigenvalue weighted by molar-refractivity contribution is -0.124. The first-order chi connectivity index (χ1) is 11.5. The fraction of sp³-hybridized carbons (Fsp3) is 0.471. The van der Waals surface area contributed by atoms with Gasteiger partial charge < -0.3 is 9.73 Å². The van der Waals surface area contributed by atoms with Gasteiger partial charge in [0.2, 0.25) is 5.91 Å². The van der Waals surface area contributed by atoms with Crippen molar-refractivity contribution in [2.24, 2.45) is 0 Å². The molecule has 1 N–H and O–H groups in total. The van der Waals surface area contributed by atoms with Gasteiger partial charge in [-0.05, 0) is 20.3 Å². The van der Waals surface area contributed by atoms with Gasteiger partial charge in [0.1, 0.15) is 17.4 Å². The van der Waals surface area contributed by atoms with Crippen molar-refractivity contribution in [2.45, 2.75) is 52.6 Å². The number of rotatable bonds is 5. The largest absolute Gasteiger partial charge is 0.463 e. The molecule has 0 aromatic carbocycles. The zero-order valence-electron chi connectivity index (χ0n) is 14.4. The van der Waals surface area contributed by atoms with Gasteiger partial charge in [-0.25, -0.2) is 4.68 Å². The van der Waals surface area contributed by atoms with Crippen LogP contribution in [0, 0.1) is 0 Å². The van der Waals surface area contributed by atoms with Crippen molar-refractivity contribution in [1.82, 2.24) is 19.5 Å². The van der Waals surface area contributed by atoms with Crippen LogP contribution >= 0.6 is 0 Å². The molecule has 1 amide bonds. The number of nitrogens with zero attached hydrogens (tertiary/aromatic N) is 3. The van der Waals surface area contributed by atoms with Gasteiger partial charge >= 0.3 is 0 Å². The predicted molar refractivity (Wildman–Crippen MR) is 91.2 cm³/mol. The normalized spacial score (nSPS) is 14.2. The van der Waals surface area contributed by atoms with Crippen LogP contribution in [0.5, 0.6) is 0 Å². The van der Waals surface area contributed by atoms with Gasteiger partial charge in [-0.2, -0.15) is 5.10 Å². The molecule has 7 heteroatoms. The van der Waals surface area contributed by atoms with Crippen LogP contribution < -0.4 is 10.9 Å². The number of fused-ring (bicyclic) bond motifs is 3. The molecule has 24 heavy (non-hydrogen) atoms. The second kappa shape index (κ2) is 6.14. The van der Waals surface area contributed by atoms with Gasteiger partial charge in [0.05, 0.1) is 11.8 Å². The van der Waals surface area contributed by atoms with Crippen molar-refractivity contribution in [1.29, 1.82) is 0 Å². The van der Waals surface area contributed by atoms with E-state index >= 15 is 0 Å². The van der Waals surface area contributed by atoms with Crippen molar-refractivity contribution < 1.29 is 9.21 Å². The first-order valence-corrected chi connectivity index (χ1v) is 8.28. The van der Waals surface area contributed by atoms with Crippen LogP contribution in [0.1, 0.15) is 46.0 Å². The lowest BCUT2D eigenvalue weighted by Gasteiger charge is -2.18. The van der Waals surface area contributed by atoms with Crippen molar-refractivity contribution >= 4 is 22.5 Å². The zero-order valence-corrected chi connectivity index (χ0v) is 14.4. The molecule has 0 aliphatic rings. The lowest BCUT2D eigenvalue weighted by atomic mass is 10.2. The molecule has 2 atom stereocenters. The minimum absolute atomic E-state index is 0.0562. The number of amides is 1. The minimum atomic E-state index is -0.678. The standard InChI is InChI=1S/C17H22N4O3/c1-5-10(3)18-16(22)11(4)21-17(23)13-9-14-12(7-8-24-14)20(13)15(6-2)19-21/h7-11H,5-6H2,1-4H3,(H,18,22). The summed E-state index contributed by atoms with van der Waals surface area (Å²) in [6.07, 6.45) is 3.05. The second-order valence-corrected chi connectivity index (χ2v) is 6.05. The summed E-state index contributed by atoms with van der Waals surface area (Å²) in [5, 5.41) is 7.34. The van der Waals surface area contributed by atoms with Gasteiger partial charge in [-0.15, -0.1) is 0 Å². The summed E-state index contributed by atoms with van der Waals surface area (Å²) in [7, 11) is 0. The Morgan fingerprint density at radius 3 is 2.75 bits per heavy atom. The average molecular weight is 330 g/mol. The van der Waals surface area contributed by atoms with Crippen LogP contribution in [-0.2, 0) is 11.2 Å². The fourth-order valence-electron chi connectivity index (χ4n) is 2.76. The summed E-state index contributed by atoms with van der Waals surface area (Å²) in [6.45, 7) is 7.58. The third kappa shape index (κ3) is 2.50. The first kappa shape index (κ1) is 16.3. The van der Waals surface area contributed by atoms with Gasteiger partial charge in [0, 0.05) is 24.6 Å². The smallest absolute Gasteiger partial charge is 0.291 e. The van der Waals surface area contributed by atoms with Gasteiger partial charge in [-0.3, -0.25) is 14.0 Å². The van der Waals surface area contributed by atoms with Crippen LogP contribution in [-0.4, -0.2) is 26.1 Å².